The number of carbonyl (C=O) groups excluding carboxylic acids is 2. The predicted molar refractivity (Wildman–Crippen MR) is 88.9 cm³/mol. The molecule has 3 rings (SSSR count). The number of hydrogen-bond donors (Lipinski definition) is 0. The summed E-state index contributed by atoms with van der Waals surface area (Å²) >= 11 is 38.1. The smallest absolute Gasteiger partial charge is 0.235 e. The van der Waals surface area contributed by atoms with Crippen LogP contribution in [0.5, 0.6) is 0 Å². The zero-order valence-electron chi connectivity index (χ0n) is 11.1. The van der Waals surface area contributed by atoms with Gasteiger partial charge in [-0.1, -0.05) is 58.6 Å². The molecule has 120 valence electrons. The summed E-state index contributed by atoms with van der Waals surface area (Å²) in [7, 11) is 0. The van der Waals surface area contributed by atoms with Crippen LogP contribution in [-0.2, 0) is 9.59 Å². The van der Waals surface area contributed by atoms with Crippen LogP contribution in [0.3, 0.4) is 0 Å². The van der Waals surface area contributed by atoms with E-state index in [4.69, 9.17) is 69.6 Å². The Morgan fingerprint density at radius 2 is 1.41 bits per heavy atom. The minimum atomic E-state index is -1.88. The summed E-state index contributed by atoms with van der Waals surface area (Å²) < 4.78 is -1.88. The maximum absolute atomic E-state index is 12.7. The average Bonchev–Trinajstić information content (AvgIpc) is 2.78. The van der Waals surface area contributed by atoms with E-state index in [1.54, 1.807) is 6.92 Å². The molecule has 4 atom stereocenters. The Morgan fingerprint density at radius 3 is 1.73 bits per heavy atom. The van der Waals surface area contributed by atoms with Gasteiger partial charge in [0.2, 0.25) is 11.8 Å². The lowest BCUT2D eigenvalue weighted by Crippen LogP contribution is -2.50. The summed E-state index contributed by atoms with van der Waals surface area (Å²) in [4.78, 5) is 23.0. The van der Waals surface area contributed by atoms with Crippen molar-refractivity contribution in [3.63, 3.8) is 0 Å². The molecule has 0 aromatic carbocycles. The molecule has 1 saturated carbocycles. The number of nitrogens with zero attached hydrogens (tertiary/aromatic N) is 1. The fraction of sp³-hybridized carbons (Fsp3) is 0.538. The third-order valence-corrected chi connectivity index (χ3v) is 8.69. The maximum Gasteiger partial charge on any atom is 0.235 e. The van der Waals surface area contributed by atoms with E-state index >= 15 is 0 Å². The molecule has 1 aliphatic heterocycles. The van der Waals surface area contributed by atoms with Crippen molar-refractivity contribution in [2.24, 2.45) is 11.8 Å². The first-order chi connectivity index (χ1) is 9.94. The average molecular weight is 424 g/mol. The van der Waals surface area contributed by atoms with Gasteiger partial charge in [-0.05, 0) is 6.92 Å². The molecule has 0 N–H and O–H groups in total. The van der Waals surface area contributed by atoms with E-state index in [0.717, 1.165) is 4.90 Å². The Balaban J connectivity index is 2.21. The van der Waals surface area contributed by atoms with Crippen molar-refractivity contribution in [3.8, 4) is 0 Å². The van der Waals surface area contributed by atoms with Crippen molar-refractivity contribution in [1.29, 1.82) is 0 Å². The fourth-order valence-corrected chi connectivity index (χ4v) is 6.41. The lowest BCUT2D eigenvalue weighted by molar-refractivity contribution is -0.140. The van der Waals surface area contributed by atoms with Crippen LogP contribution >= 0.6 is 69.6 Å². The lowest BCUT2D eigenvalue weighted by Gasteiger charge is -2.34. The van der Waals surface area contributed by atoms with Crippen molar-refractivity contribution in [1.82, 2.24) is 4.90 Å². The summed E-state index contributed by atoms with van der Waals surface area (Å²) in [6, 6.07) is 0. The largest absolute Gasteiger partial charge is 0.278 e. The van der Waals surface area contributed by atoms with Gasteiger partial charge in [-0.3, -0.25) is 14.5 Å². The normalized spacial score (nSPS) is 42.4. The molecule has 2 bridgehead atoms. The minimum Gasteiger partial charge on any atom is -0.278 e. The molecule has 1 heterocycles. The molecule has 3 aliphatic rings. The van der Waals surface area contributed by atoms with Crippen molar-refractivity contribution >= 4 is 81.4 Å². The molecule has 3 nitrogen and oxygen atoms in total. The monoisotopic (exact) mass is 421 g/mol. The second-order valence-corrected chi connectivity index (χ2v) is 9.08. The third kappa shape index (κ3) is 1.54. The van der Waals surface area contributed by atoms with Crippen LogP contribution in [0.15, 0.2) is 22.2 Å². The second-order valence-electron chi connectivity index (χ2n) is 5.80. The number of fused-ring (bicyclic) bond motifs is 5. The van der Waals surface area contributed by atoms with E-state index in [-0.39, 0.29) is 16.6 Å². The lowest BCUT2D eigenvalue weighted by atomic mass is 9.84. The van der Waals surface area contributed by atoms with Gasteiger partial charge >= 0.3 is 0 Å². The zero-order valence-corrected chi connectivity index (χ0v) is 15.6. The molecule has 0 spiro atoms. The molecule has 2 amide bonds. The maximum atomic E-state index is 12.7. The third-order valence-electron chi connectivity index (χ3n) is 4.43. The van der Waals surface area contributed by atoms with E-state index in [9.17, 15) is 9.59 Å². The van der Waals surface area contributed by atoms with E-state index in [0.29, 0.717) is 5.57 Å². The Bertz CT molecular complexity index is 627. The Kier molecular flexibility index (Phi) is 3.68. The molecule has 0 aromatic rings. The first-order valence-corrected chi connectivity index (χ1v) is 8.52. The molecule has 22 heavy (non-hydrogen) atoms. The van der Waals surface area contributed by atoms with Crippen LogP contribution in [0.2, 0.25) is 0 Å². The summed E-state index contributed by atoms with van der Waals surface area (Å²) in [6.07, 6.45) is 0. The molecular formula is C13H9Cl6NO2. The molecular weight excluding hydrogens is 415 g/mol. The highest BCUT2D eigenvalue weighted by atomic mass is 35.5. The first kappa shape index (κ1) is 17.2. The van der Waals surface area contributed by atoms with Gasteiger partial charge < -0.3 is 0 Å². The Hall–Kier alpha value is 0.360. The van der Waals surface area contributed by atoms with E-state index in [1.165, 1.54) is 0 Å². The van der Waals surface area contributed by atoms with Gasteiger partial charge in [0, 0.05) is 6.54 Å². The number of carbonyl (C=O) groups is 2. The van der Waals surface area contributed by atoms with E-state index in [1.807, 2.05) is 0 Å². The van der Waals surface area contributed by atoms with Gasteiger partial charge in [0.25, 0.3) is 0 Å². The molecule has 2 aliphatic carbocycles. The van der Waals surface area contributed by atoms with Crippen LogP contribution < -0.4 is 0 Å². The molecule has 9 heteroatoms. The molecule has 0 radical (unpaired) electrons. The molecule has 2 fully saturated rings. The standard InChI is InChI=1S/C13H9Cl6NO2/c1-4(2)3-20-9(21)5-6(10(20)22)12(17)8(15)7(14)11(5,16)13(12,18)19/h5-6H,1,3H2,2H3/t5-,6-,11+,12+/m0/s1. The fourth-order valence-electron chi connectivity index (χ4n) is 3.48. The number of halogens is 6. The highest BCUT2D eigenvalue weighted by molar-refractivity contribution is 6.66. The number of likely N-dealkylation sites (tertiary alicyclic amines) is 1. The van der Waals surface area contributed by atoms with Gasteiger partial charge in [-0.15, -0.1) is 23.2 Å². The highest BCUT2D eigenvalue weighted by Crippen LogP contribution is 2.77. The van der Waals surface area contributed by atoms with Gasteiger partial charge in [-0.2, -0.15) is 0 Å². The van der Waals surface area contributed by atoms with E-state index in [2.05, 4.69) is 6.58 Å². The van der Waals surface area contributed by atoms with E-state index < -0.39 is 37.7 Å². The van der Waals surface area contributed by atoms with Gasteiger partial charge in [-0.25, -0.2) is 0 Å². The topological polar surface area (TPSA) is 37.4 Å². The summed E-state index contributed by atoms with van der Waals surface area (Å²) in [6.45, 7) is 5.46. The van der Waals surface area contributed by atoms with Crippen LogP contribution in [0.4, 0.5) is 0 Å². The Labute approximate surface area is 157 Å². The summed E-state index contributed by atoms with van der Waals surface area (Å²) in [5.41, 5.74) is 0.634. The highest BCUT2D eigenvalue weighted by Gasteiger charge is 2.87. The number of hydrogen-bond acceptors (Lipinski definition) is 2. The quantitative estimate of drug-likeness (QED) is 0.382. The molecule has 0 unspecified atom stereocenters. The zero-order chi connectivity index (χ0) is 16.8. The second kappa shape index (κ2) is 4.71. The number of allylic oxidation sites excluding steroid dienone is 2. The number of alkyl halides is 4. The van der Waals surface area contributed by atoms with Crippen LogP contribution in [-0.4, -0.2) is 37.3 Å². The van der Waals surface area contributed by atoms with Crippen LogP contribution in [0.25, 0.3) is 0 Å². The van der Waals surface area contributed by atoms with Gasteiger partial charge in [0.15, 0.2) is 4.33 Å². The SMILES string of the molecule is C=C(C)CN1C(=O)[C@@H]2[C@@H](C1=O)[C@@]1(Cl)C(Cl)=C(Cl)[C@@]2(Cl)C1(Cl)Cl. The molecule has 0 aromatic heterocycles. The van der Waals surface area contributed by atoms with Crippen LogP contribution in [0, 0.1) is 11.8 Å². The van der Waals surface area contributed by atoms with Gasteiger partial charge in [0.05, 0.1) is 21.9 Å². The summed E-state index contributed by atoms with van der Waals surface area (Å²) in [5, 5.41) is -0.175. The van der Waals surface area contributed by atoms with Crippen molar-refractivity contribution in [2.75, 3.05) is 6.54 Å². The van der Waals surface area contributed by atoms with Crippen molar-refractivity contribution in [3.05, 3.63) is 22.2 Å². The van der Waals surface area contributed by atoms with Gasteiger partial charge in [0.1, 0.15) is 9.75 Å². The van der Waals surface area contributed by atoms with Crippen LogP contribution in [0.1, 0.15) is 6.92 Å². The molecule has 1 saturated heterocycles. The summed E-state index contributed by atoms with van der Waals surface area (Å²) in [5.74, 6) is -3.18. The Morgan fingerprint density at radius 1 is 1.05 bits per heavy atom. The number of imide groups is 1. The number of amides is 2. The number of rotatable bonds is 2. The minimum absolute atomic E-state index is 0.0669. The van der Waals surface area contributed by atoms with Crippen molar-refractivity contribution < 1.29 is 9.59 Å². The van der Waals surface area contributed by atoms with Crippen molar-refractivity contribution in [2.45, 2.75) is 21.0 Å². The predicted octanol–water partition coefficient (Wildman–Crippen LogP) is 4.01. The first-order valence-electron chi connectivity index (χ1n) is 6.25.